The van der Waals surface area contributed by atoms with Gasteiger partial charge in [-0.25, -0.2) is 0 Å². The van der Waals surface area contributed by atoms with Gasteiger partial charge in [-0.05, 0) is 12.1 Å². The molecule has 2 rings (SSSR count). The summed E-state index contributed by atoms with van der Waals surface area (Å²) < 4.78 is 5.27. The summed E-state index contributed by atoms with van der Waals surface area (Å²) in [5.41, 5.74) is 6.84. The van der Waals surface area contributed by atoms with Crippen LogP contribution in [0, 0.1) is 0 Å². The molecule has 1 aliphatic heterocycles. The Kier molecular flexibility index (Phi) is 10.3. The van der Waals surface area contributed by atoms with Crippen molar-refractivity contribution in [2.24, 2.45) is 5.73 Å². The van der Waals surface area contributed by atoms with E-state index in [2.05, 4.69) is 15.2 Å². The van der Waals surface area contributed by atoms with Crippen LogP contribution in [-0.2, 0) is 11.3 Å². The summed E-state index contributed by atoms with van der Waals surface area (Å²) in [5.74, 6) is -0.0784. The summed E-state index contributed by atoms with van der Waals surface area (Å²) in [6, 6.07) is 3.42. The molecule has 3 N–H and O–H groups in total. The summed E-state index contributed by atoms with van der Waals surface area (Å²) in [7, 11) is 0. The number of carbonyl (C=O) groups is 1. The molecule has 1 amide bonds. The number of amides is 1. The van der Waals surface area contributed by atoms with E-state index < -0.39 is 0 Å². The molecule has 1 aromatic rings. The van der Waals surface area contributed by atoms with Crippen molar-refractivity contribution < 1.29 is 9.53 Å². The minimum absolute atomic E-state index is 0. The van der Waals surface area contributed by atoms with Crippen LogP contribution in [0.2, 0.25) is 0 Å². The first-order chi connectivity index (χ1) is 9.29. The molecule has 0 bridgehead atoms. The van der Waals surface area contributed by atoms with Crippen LogP contribution in [-0.4, -0.2) is 55.2 Å². The lowest BCUT2D eigenvalue weighted by Gasteiger charge is -2.26. The molecule has 1 saturated heterocycles. The van der Waals surface area contributed by atoms with Crippen LogP contribution in [0.25, 0.3) is 0 Å². The number of nitrogens with two attached hydrogens (primary N) is 1. The molecule has 1 aromatic heterocycles. The van der Waals surface area contributed by atoms with Gasteiger partial charge >= 0.3 is 0 Å². The van der Waals surface area contributed by atoms with E-state index in [0.29, 0.717) is 18.7 Å². The number of rotatable bonds is 5. The first-order valence-corrected chi connectivity index (χ1v) is 6.53. The number of pyridine rings is 1. The molecular weight excluding hydrogens is 315 g/mol. The number of hydrogen-bond donors (Lipinski definition) is 2. The molecule has 8 heteroatoms. The smallest absolute Gasteiger partial charge is 0.251 e. The highest BCUT2D eigenvalue weighted by Gasteiger charge is 2.11. The molecule has 2 heterocycles. The zero-order valence-electron chi connectivity index (χ0n) is 11.8. The number of nitrogens with one attached hydrogen (secondary N) is 1. The van der Waals surface area contributed by atoms with Gasteiger partial charge in [0.05, 0.1) is 18.9 Å². The molecule has 21 heavy (non-hydrogen) atoms. The molecule has 0 radical (unpaired) electrons. The van der Waals surface area contributed by atoms with E-state index in [1.54, 1.807) is 18.3 Å². The van der Waals surface area contributed by atoms with Gasteiger partial charge in [0.1, 0.15) is 0 Å². The average Bonchev–Trinajstić information content (AvgIpc) is 2.48. The van der Waals surface area contributed by atoms with Crippen molar-refractivity contribution in [2.75, 3.05) is 39.4 Å². The SMILES string of the molecule is Cl.Cl.NCc1cc(C(=O)NCCN2CCOCC2)ccn1. The highest BCUT2D eigenvalue weighted by atomic mass is 35.5. The highest BCUT2D eigenvalue weighted by molar-refractivity contribution is 5.94. The highest BCUT2D eigenvalue weighted by Crippen LogP contribution is 2.01. The van der Waals surface area contributed by atoms with Crippen LogP contribution in [0.3, 0.4) is 0 Å². The predicted molar refractivity (Wildman–Crippen MR) is 86.2 cm³/mol. The predicted octanol–water partition coefficient (Wildman–Crippen LogP) is 0.446. The zero-order valence-corrected chi connectivity index (χ0v) is 13.4. The van der Waals surface area contributed by atoms with Gasteiger partial charge < -0.3 is 15.8 Å². The molecule has 6 nitrogen and oxygen atoms in total. The summed E-state index contributed by atoms with van der Waals surface area (Å²) in [5, 5.41) is 2.91. The van der Waals surface area contributed by atoms with Crippen LogP contribution >= 0.6 is 24.8 Å². The Balaban J connectivity index is 0.00000200. The maximum Gasteiger partial charge on any atom is 0.251 e. The number of nitrogens with zero attached hydrogens (tertiary/aromatic N) is 2. The molecule has 120 valence electrons. The normalized spacial score (nSPS) is 14.7. The molecular formula is C13H22Cl2N4O2. The van der Waals surface area contributed by atoms with Crippen molar-refractivity contribution >= 4 is 30.7 Å². The Morgan fingerprint density at radius 2 is 2.10 bits per heavy atom. The molecule has 0 unspecified atom stereocenters. The maximum absolute atomic E-state index is 11.9. The second-order valence-electron chi connectivity index (χ2n) is 4.45. The van der Waals surface area contributed by atoms with Gasteiger partial charge in [-0.15, -0.1) is 24.8 Å². The fourth-order valence-electron chi connectivity index (χ4n) is 1.99. The van der Waals surface area contributed by atoms with E-state index in [9.17, 15) is 4.79 Å². The summed E-state index contributed by atoms with van der Waals surface area (Å²) in [6.45, 7) is 5.25. The topological polar surface area (TPSA) is 80.5 Å². The van der Waals surface area contributed by atoms with Crippen molar-refractivity contribution in [1.29, 1.82) is 0 Å². The molecule has 0 spiro atoms. The Hall–Kier alpha value is -0.920. The van der Waals surface area contributed by atoms with Crippen molar-refractivity contribution in [3.8, 4) is 0 Å². The summed E-state index contributed by atoms with van der Waals surface area (Å²) in [4.78, 5) is 18.3. The number of morpholine rings is 1. The first kappa shape index (κ1) is 20.1. The summed E-state index contributed by atoms with van der Waals surface area (Å²) >= 11 is 0. The number of carbonyl (C=O) groups excluding carboxylic acids is 1. The third-order valence-electron chi connectivity index (χ3n) is 3.11. The van der Waals surface area contributed by atoms with Crippen molar-refractivity contribution in [2.45, 2.75) is 6.54 Å². The molecule has 0 aliphatic carbocycles. The zero-order chi connectivity index (χ0) is 13.5. The van der Waals surface area contributed by atoms with Crippen LogP contribution in [0.5, 0.6) is 0 Å². The number of hydrogen-bond acceptors (Lipinski definition) is 5. The third kappa shape index (κ3) is 6.58. The van der Waals surface area contributed by atoms with E-state index >= 15 is 0 Å². The van der Waals surface area contributed by atoms with Gasteiger partial charge in [-0.1, -0.05) is 0 Å². The van der Waals surface area contributed by atoms with Crippen LogP contribution in [0.15, 0.2) is 18.3 Å². The van der Waals surface area contributed by atoms with Gasteiger partial charge in [-0.3, -0.25) is 14.7 Å². The van der Waals surface area contributed by atoms with Crippen molar-refractivity contribution in [3.63, 3.8) is 0 Å². The minimum Gasteiger partial charge on any atom is -0.379 e. The van der Waals surface area contributed by atoms with Gasteiger partial charge in [0.2, 0.25) is 0 Å². The maximum atomic E-state index is 11.9. The lowest BCUT2D eigenvalue weighted by Crippen LogP contribution is -2.41. The lowest BCUT2D eigenvalue weighted by molar-refractivity contribution is 0.0383. The minimum atomic E-state index is -0.0784. The van der Waals surface area contributed by atoms with E-state index in [-0.39, 0.29) is 30.7 Å². The quantitative estimate of drug-likeness (QED) is 0.815. The largest absolute Gasteiger partial charge is 0.379 e. The third-order valence-corrected chi connectivity index (χ3v) is 3.11. The molecule has 0 aromatic carbocycles. The van der Waals surface area contributed by atoms with Crippen LogP contribution in [0.4, 0.5) is 0 Å². The van der Waals surface area contributed by atoms with Gasteiger partial charge in [0, 0.05) is 44.5 Å². The second kappa shape index (κ2) is 10.8. The Labute approximate surface area is 137 Å². The fraction of sp³-hybridized carbons (Fsp3) is 0.538. The molecule has 1 aliphatic rings. The molecule has 0 atom stereocenters. The number of aromatic nitrogens is 1. The lowest BCUT2D eigenvalue weighted by atomic mass is 10.2. The number of halogens is 2. The van der Waals surface area contributed by atoms with Crippen molar-refractivity contribution in [3.05, 3.63) is 29.6 Å². The first-order valence-electron chi connectivity index (χ1n) is 6.53. The Morgan fingerprint density at radius 3 is 2.76 bits per heavy atom. The van der Waals surface area contributed by atoms with Gasteiger partial charge in [0.15, 0.2) is 0 Å². The van der Waals surface area contributed by atoms with E-state index in [1.165, 1.54) is 0 Å². The monoisotopic (exact) mass is 336 g/mol. The summed E-state index contributed by atoms with van der Waals surface area (Å²) in [6.07, 6.45) is 1.61. The van der Waals surface area contributed by atoms with Crippen LogP contribution in [0.1, 0.15) is 16.1 Å². The van der Waals surface area contributed by atoms with Crippen LogP contribution < -0.4 is 11.1 Å². The van der Waals surface area contributed by atoms with E-state index in [1.807, 2.05) is 0 Å². The number of ether oxygens (including phenoxy) is 1. The fourth-order valence-corrected chi connectivity index (χ4v) is 1.99. The standard InChI is InChI=1S/C13H20N4O2.2ClH/c14-10-12-9-11(1-2-15-12)13(18)16-3-4-17-5-7-19-8-6-17;;/h1-2,9H,3-8,10,14H2,(H,16,18);2*1H. The second-order valence-corrected chi connectivity index (χ2v) is 4.45. The molecule has 1 fully saturated rings. The van der Waals surface area contributed by atoms with Gasteiger partial charge in [-0.2, -0.15) is 0 Å². The average molecular weight is 337 g/mol. The van der Waals surface area contributed by atoms with Gasteiger partial charge in [0.25, 0.3) is 5.91 Å². The molecule has 0 saturated carbocycles. The van der Waals surface area contributed by atoms with E-state index in [4.69, 9.17) is 10.5 Å². The van der Waals surface area contributed by atoms with E-state index in [0.717, 1.165) is 38.5 Å². The Bertz CT molecular complexity index is 428. The Morgan fingerprint density at radius 1 is 1.38 bits per heavy atom. The van der Waals surface area contributed by atoms with Crippen molar-refractivity contribution in [1.82, 2.24) is 15.2 Å².